The van der Waals surface area contributed by atoms with Crippen LogP contribution in [0.25, 0.3) is 0 Å². The summed E-state index contributed by atoms with van der Waals surface area (Å²) in [6.45, 7) is 3.04. The molecule has 1 saturated heterocycles. The molecule has 0 aromatic heterocycles. The second kappa shape index (κ2) is 4.31. The zero-order valence-corrected chi connectivity index (χ0v) is 10.9. The smallest absolute Gasteiger partial charge is 0.0320 e. The Morgan fingerprint density at radius 3 is 2.57 bits per heavy atom. The molecule has 76 valence electrons. The molecule has 0 radical (unpaired) electrons. The van der Waals surface area contributed by atoms with Gasteiger partial charge in [0, 0.05) is 34.6 Å². The topological polar surface area (TPSA) is 29.3 Å². The van der Waals surface area contributed by atoms with Gasteiger partial charge in [0.15, 0.2) is 0 Å². The minimum absolute atomic E-state index is 0.383. The Hall–Kier alpha value is 0.1000. The average Bonchev–Trinajstić information content (AvgIpc) is 2.09. The molecule has 1 aromatic carbocycles. The fourth-order valence-corrected chi connectivity index (χ4v) is 2.31. The van der Waals surface area contributed by atoms with Crippen LogP contribution in [0.15, 0.2) is 27.1 Å². The molecule has 0 spiro atoms. The van der Waals surface area contributed by atoms with E-state index in [1.807, 2.05) is 0 Å². The minimum Gasteiger partial charge on any atom is -0.325 e. The standard InChI is InChI=1S/C10H12Br2N2/c11-9-2-1-7(3-10(9)12)4-14-5-8(13)6-14/h1-3,8H,4-6,13H2. The Bertz CT molecular complexity index is 335. The molecule has 1 aliphatic rings. The highest BCUT2D eigenvalue weighted by Crippen LogP contribution is 2.24. The van der Waals surface area contributed by atoms with Crippen LogP contribution in [-0.2, 0) is 6.54 Å². The lowest BCUT2D eigenvalue weighted by Crippen LogP contribution is -2.54. The van der Waals surface area contributed by atoms with E-state index in [4.69, 9.17) is 5.73 Å². The first kappa shape index (κ1) is 10.6. The van der Waals surface area contributed by atoms with E-state index in [2.05, 4.69) is 55.0 Å². The summed E-state index contributed by atoms with van der Waals surface area (Å²) in [5, 5.41) is 0. The van der Waals surface area contributed by atoms with E-state index in [-0.39, 0.29) is 0 Å². The van der Waals surface area contributed by atoms with Crippen LogP contribution in [0.1, 0.15) is 5.56 Å². The van der Waals surface area contributed by atoms with Crippen molar-refractivity contribution >= 4 is 31.9 Å². The van der Waals surface area contributed by atoms with Crippen molar-refractivity contribution in [1.82, 2.24) is 4.90 Å². The molecule has 0 atom stereocenters. The van der Waals surface area contributed by atoms with Gasteiger partial charge in [-0.2, -0.15) is 0 Å². The van der Waals surface area contributed by atoms with Gasteiger partial charge in [-0.25, -0.2) is 0 Å². The van der Waals surface area contributed by atoms with E-state index in [0.29, 0.717) is 6.04 Å². The zero-order chi connectivity index (χ0) is 10.1. The third-order valence-corrected chi connectivity index (χ3v) is 4.26. The molecule has 0 unspecified atom stereocenters. The van der Waals surface area contributed by atoms with Crippen molar-refractivity contribution in [2.45, 2.75) is 12.6 Å². The Balaban J connectivity index is 2.00. The number of nitrogens with two attached hydrogens (primary N) is 1. The van der Waals surface area contributed by atoms with Gasteiger partial charge < -0.3 is 5.73 Å². The molecular weight excluding hydrogens is 308 g/mol. The maximum atomic E-state index is 5.72. The van der Waals surface area contributed by atoms with E-state index in [1.54, 1.807) is 0 Å². The predicted molar refractivity (Wildman–Crippen MR) is 65.1 cm³/mol. The molecule has 14 heavy (non-hydrogen) atoms. The number of likely N-dealkylation sites (tertiary alicyclic amines) is 1. The monoisotopic (exact) mass is 318 g/mol. The molecule has 0 amide bonds. The molecule has 4 heteroatoms. The number of hydrogen-bond donors (Lipinski definition) is 1. The van der Waals surface area contributed by atoms with Crippen molar-refractivity contribution in [3.05, 3.63) is 32.7 Å². The number of nitrogens with zero attached hydrogens (tertiary/aromatic N) is 1. The average molecular weight is 320 g/mol. The molecule has 1 aromatic rings. The quantitative estimate of drug-likeness (QED) is 0.906. The fraction of sp³-hybridized carbons (Fsp3) is 0.400. The summed E-state index contributed by atoms with van der Waals surface area (Å²) in [4.78, 5) is 2.35. The highest BCUT2D eigenvalue weighted by Gasteiger charge is 2.22. The lowest BCUT2D eigenvalue weighted by Gasteiger charge is -2.36. The van der Waals surface area contributed by atoms with Crippen molar-refractivity contribution in [2.75, 3.05) is 13.1 Å². The fourth-order valence-electron chi connectivity index (χ4n) is 1.64. The largest absolute Gasteiger partial charge is 0.325 e. The second-order valence-electron chi connectivity index (χ2n) is 3.70. The highest BCUT2D eigenvalue weighted by molar-refractivity contribution is 9.13. The van der Waals surface area contributed by atoms with Crippen LogP contribution in [0.3, 0.4) is 0 Å². The summed E-state index contributed by atoms with van der Waals surface area (Å²) in [6.07, 6.45) is 0. The maximum absolute atomic E-state index is 5.72. The normalized spacial score (nSPS) is 18.2. The van der Waals surface area contributed by atoms with Gasteiger partial charge in [-0.1, -0.05) is 6.07 Å². The van der Waals surface area contributed by atoms with E-state index in [0.717, 1.165) is 28.6 Å². The highest BCUT2D eigenvalue weighted by atomic mass is 79.9. The van der Waals surface area contributed by atoms with Gasteiger partial charge in [0.25, 0.3) is 0 Å². The van der Waals surface area contributed by atoms with Crippen molar-refractivity contribution < 1.29 is 0 Å². The first-order valence-electron chi connectivity index (χ1n) is 4.57. The molecule has 2 N–H and O–H groups in total. The van der Waals surface area contributed by atoms with Crippen molar-refractivity contribution in [3.8, 4) is 0 Å². The van der Waals surface area contributed by atoms with Crippen LogP contribution in [-0.4, -0.2) is 24.0 Å². The van der Waals surface area contributed by atoms with Gasteiger partial charge in [0.05, 0.1) is 0 Å². The number of benzene rings is 1. The van der Waals surface area contributed by atoms with Crippen molar-refractivity contribution in [3.63, 3.8) is 0 Å². The van der Waals surface area contributed by atoms with E-state index in [9.17, 15) is 0 Å². The Kier molecular flexibility index (Phi) is 3.27. The van der Waals surface area contributed by atoms with Gasteiger partial charge >= 0.3 is 0 Å². The molecule has 1 fully saturated rings. The predicted octanol–water partition coefficient (Wildman–Crippen LogP) is 2.35. The minimum atomic E-state index is 0.383. The summed E-state index contributed by atoms with van der Waals surface area (Å²) in [7, 11) is 0. The number of rotatable bonds is 2. The van der Waals surface area contributed by atoms with Gasteiger partial charge in [0.1, 0.15) is 0 Å². The molecular formula is C10H12Br2N2. The van der Waals surface area contributed by atoms with Crippen molar-refractivity contribution in [2.24, 2.45) is 5.73 Å². The van der Waals surface area contributed by atoms with Gasteiger partial charge in [-0.05, 0) is 49.6 Å². The van der Waals surface area contributed by atoms with Gasteiger partial charge in [-0.3, -0.25) is 4.90 Å². The summed E-state index contributed by atoms with van der Waals surface area (Å²) in [6, 6.07) is 6.74. The lowest BCUT2D eigenvalue weighted by atomic mass is 10.1. The van der Waals surface area contributed by atoms with Crippen molar-refractivity contribution in [1.29, 1.82) is 0 Å². The van der Waals surface area contributed by atoms with Gasteiger partial charge in [-0.15, -0.1) is 0 Å². The zero-order valence-electron chi connectivity index (χ0n) is 7.71. The summed E-state index contributed by atoms with van der Waals surface area (Å²) in [5.41, 5.74) is 7.04. The Morgan fingerprint density at radius 2 is 2.00 bits per heavy atom. The summed E-state index contributed by atoms with van der Waals surface area (Å²) < 4.78 is 2.21. The van der Waals surface area contributed by atoms with E-state index < -0.39 is 0 Å². The molecule has 0 saturated carbocycles. The summed E-state index contributed by atoms with van der Waals surface area (Å²) >= 11 is 6.95. The molecule has 1 heterocycles. The van der Waals surface area contributed by atoms with E-state index in [1.165, 1.54) is 5.56 Å². The van der Waals surface area contributed by atoms with Crippen LogP contribution in [0, 0.1) is 0 Å². The van der Waals surface area contributed by atoms with Crippen LogP contribution >= 0.6 is 31.9 Å². The SMILES string of the molecule is NC1CN(Cc2ccc(Br)c(Br)c2)C1. The van der Waals surface area contributed by atoms with Crippen LogP contribution in [0.2, 0.25) is 0 Å². The third-order valence-electron chi connectivity index (χ3n) is 2.38. The third kappa shape index (κ3) is 2.37. The summed E-state index contributed by atoms with van der Waals surface area (Å²) in [5.74, 6) is 0. The van der Waals surface area contributed by atoms with E-state index >= 15 is 0 Å². The lowest BCUT2D eigenvalue weighted by molar-refractivity contribution is 0.142. The van der Waals surface area contributed by atoms with Gasteiger partial charge in [0.2, 0.25) is 0 Å². The number of halogens is 2. The molecule has 1 aliphatic heterocycles. The molecule has 0 aliphatic carbocycles. The number of hydrogen-bond acceptors (Lipinski definition) is 2. The second-order valence-corrected chi connectivity index (χ2v) is 5.41. The van der Waals surface area contributed by atoms with Crippen LogP contribution in [0.5, 0.6) is 0 Å². The first-order valence-corrected chi connectivity index (χ1v) is 6.15. The Morgan fingerprint density at radius 1 is 1.29 bits per heavy atom. The Labute approximate surface area is 101 Å². The maximum Gasteiger partial charge on any atom is 0.0320 e. The van der Waals surface area contributed by atoms with Crippen LogP contribution in [0.4, 0.5) is 0 Å². The molecule has 0 bridgehead atoms. The first-order chi connectivity index (χ1) is 6.65. The molecule has 2 rings (SSSR count). The van der Waals surface area contributed by atoms with Crippen LogP contribution < -0.4 is 5.73 Å². The molecule has 2 nitrogen and oxygen atoms in total.